The second-order valence-corrected chi connectivity index (χ2v) is 5.01. The fraction of sp³-hybridized carbons (Fsp3) is 0.533. The van der Waals surface area contributed by atoms with Crippen LogP contribution >= 0.6 is 11.6 Å². The summed E-state index contributed by atoms with van der Waals surface area (Å²) < 4.78 is 4.72. The second-order valence-electron chi connectivity index (χ2n) is 4.60. The van der Waals surface area contributed by atoms with Crippen molar-refractivity contribution in [1.29, 1.82) is 0 Å². The van der Waals surface area contributed by atoms with Crippen LogP contribution in [0.25, 0.3) is 0 Å². The second kappa shape index (κ2) is 8.05. The lowest BCUT2D eigenvalue weighted by atomic mass is 10.1. The van der Waals surface area contributed by atoms with Crippen LogP contribution in [0.3, 0.4) is 0 Å². The van der Waals surface area contributed by atoms with E-state index in [1.807, 2.05) is 0 Å². The standard InChI is InChI=1S/C15H22ClNO2/c1-4-6-12(7-5-2)17-14-10-11(15(18)19-3)8-9-13(14)16/h8-10,12,17H,4-7H2,1-3H3. The van der Waals surface area contributed by atoms with E-state index in [9.17, 15) is 4.79 Å². The minimum atomic E-state index is -0.345. The van der Waals surface area contributed by atoms with E-state index in [0.29, 0.717) is 16.6 Å². The topological polar surface area (TPSA) is 38.3 Å². The maximum atomic E-state index is 11.5. The molecule has 0 aromatic heterocycles. The first-order valence-electron chi connectivity index (χ1n) is 6.76. The van der Waals surface area contributed by atoms with E-state index in [1.54, 1.807) is 18.2 Å². The Bertz CT molecular complexity index is 415. The molecule has 1 rings (SSSR count). The van der Waals surface area contributed by atoms with E-state index in [-0.39, 0.29) is 5.97 Å². The number of nitrogens with one attached hydrogen (secondary N) is 1. The van der Waals surface area contributed by atoms with Crippen molar-refractivity contribution >= 4 is 23.3 Å². The van der Waals surface area contributed by atoms with Gasteiger partial charge in [-0.15, -0.1) is 0 Å². The quantitative estimate of drug-likeness (QED) is 0.748. The fourth-order valence-electron chi connectivity index (χ4n) is 2.09. The highest BCUT2D eigenvalue weighted by Gasteiger charge is 2.12. The number of esters is 1. The van der Waals surface area contributed by atoms with E-state index in [0.717, 1.165) is 31.4 Å². The molecule has 1 aromatic carbocycles. The first-order valence-corrected chi connectivity index (χ1v) is 7.14. The van der Waals surface area contributed by atoms with Gasteiger partial charge in [-0.25, -0.2) is 4.79 Å². The van der Waals surface area contributed by atoms with Crippen LogP contribution in [0.15, 0.2) is 18.2 Å². The van der Waals surface area contributed by atoms with Crippen molar-refractivity contribution in [3.63, 3.8) is 0 Å². The van der Waals surface area contributed by atoms with Crippen molar-refractivity contribution in [1.82, 2.24) is 0 Å². The zero-order valence-electron chi connectivity index (χ0n) is 11.8. The summed E-state index contributed by atoms with van der Waals surface area (Å²) in [7, 11) is 1.38. The SMILES string of the molecule is CCCC(CCC)Nc1cc(C(=O)OC)ccc1Cl. The molecule has 4 heteroatoms. The predicted octanol–water partition coefficient (Wildman–Crippen LogP) is 4.51. The zero-order valence-corrected chi connectivity index (χ0v) is 12.6. The van der Waals surface area contributed by atoms with E-state index in [4.69, 9.17) is 16.3 Å². The predicted molar refractivity (Wildman–Crippen MR) is 80.0 cm³/mol. The smallest absolute Gasteiger partial charge is 0.337 e. The normalized spacial score (nSPS) is 10.6. The molecule has 0 unspecified atom stereocenters. The molecule has 1 aromatic rings. The van der Waals surface area contributed by atoms with Crippen LogP contribution in [0, 0.1) is 0 Å². The monoisotopic (exact) mass is 283 g/mol. The number of carbonyl (C=O) groups excluding carboxylic acids is 1. The molecule has 0 bridgehead atoms. The number of carbonyl (C=O) groups is 1. The van der Waals surface area contributed by atoms with Gasteiger partial charge < -0.3 is 10.1 Å². The molecule has 0 fully saturated rings. The van der Waals surface area contributed by atoms with Crippen LogP contribution in [0.1, 0.15) is 49.9 Å². The highest BCUT2D eigenvalue weighted by atomic mass is 35.5. The Morgan fingerprint density at radius 1 is 1.32 bits per heavy atom. The van der Waals surface area contributed by atoms with Gasteiger partial charge >= 0.3 is 5.97 Å². The average molecular weight is 284 g/mol. The Labute approximate surface area is 120 Å². The van der Waals surface area contributed by atoms with Crippen molar-refractivity contribution in [2.45, 2.75) is 45.6 Å². The summed E-state index contributed by atoms with van der Waals surface area (Å²) in [6.07, 6.45) is 4.41. The lowest BCUT2D eigenvalue weighted by Crippen LogP contribution is -2.19. The van der Waals surface area contributed by atoms with Crippen LogP contribution in [0.5, 0.6) is 0 Å². The van der Waals surface area contributed by atoms with Gasteiger partial charge in [0, 0.05) is 6.04 Å². The van der Waals surface area contributed by atoms with Gasteiger partial charge in [0.1, 0.15) is 0 Å². The van der Waals surface area contributed by atoms with Gasteiger partial charge in [0.25, 0.3) is 0 Å². The molecule has 106 valence electrons. The Balaban J connectivity index is 2.88. The van der Waals surface area contributed by atoms with Crippen molar-refractivity contribution < 1.29 is 9.53 Å². The highest BCUT2D eigenvalue weighted by molar-refractivity contribution is 6.33. The number of hydrogen-bond acceptors (Lipinski definition) is 3. The minimum absolute atomic E-state index is 0.345. The number of benzene rings is 1. The molecular weight excluding hydrogens is 262 g/mol. The summed E-state index contributed by atoms with van der Waals surface area (Å²) in [6, 6.07) is 5.55. The first kappa shape index (κ1) is 15.8. The van der Waals surface area contributed by atoms with E-state index >= 15 is 0 Å². The Kier molecular flexibility index (Phi) is 6.71. The summed E-state index contributed by atoms with van der Waals surface area (Å²) in [5, 5.41) is 4.06. The number of ether oxygens (including phenoxy) is 1. The van der Waals surface area contributed by atoms with E-state index < -0.39 is 0 Å². The summed E-state index contributed by atoms with van der Waals surface area (Å²) in [5.41, 5.74) is 1.32. The summed E-state index contributed by atoms with van der Waals surface area (Å²) in [4.78, 5) is 11.5. The lowest BCUT2D eigenvalue weighted by Gasteiger charge is -2.20. The third-order valence-corrected chi connectivity index (χ3v) is 3.35. The Morgan fingerprint density at radius 2 is 1.95 bits per heavy atom. The third kappa shape index (κ3) is 4.75. The molecule has 0 amide bonds. The summed E-state index contributed by atoms with van der Waals surface area (Å²) >= 11 is 6.17. The van der Waals surface area contributed by atoms with Crippen LogP contribution in [-0.2, 0) is 4.74 Å². The number of methoxy groups -OCH3 is 1. The van der Waals surface area contributed by atoms with Crippen molar-refractivity contribution in [3.05, 3.63) is 28.8 Å². The van der Waals surface area contributed by atoms with Gasteiger partial charge in [-0.1, -0.05) is 38.3 Å². The number of rotatable bonds is 7. The molecule has 1 N–H and O–H groups in total. The molecule has 0 radical (unpaired) electrons. The van der Waals surface area contributed by atoms with Gasteiger partial charge in [0.2, 0.25) is 0 Å². The third-order valence-electron chi connectivity index (χ3n) is 3.02. The largest absolute Gasteiger partial charge is 0.465 e. The van der Waals surface area contributed by atoms with Gasteiger partial charge in [-0.05, 0) is 31.0 Å². The molecule has 0 saturated heterocycles. The van der Waals surface area contributed by atoms with Gasteiger partial charge in [0.05, 0.1) is 23.4 Å². The Morgan fingerprint density at radius 3 is 2.47 bits per heavy atom. The van der Waals surface area contributed by atoms with Crippen LogP contribution < -0.4 is 5.32 Å². The van der Waals surface area contributed by atoms with Crippen molar-refractivity contribution in [2.75, 3.05) is 12.4 Å². The van der Waals surface area contributed by atoms with Gasteiger partial charge in [-0.2, -0.15) is 0 Å². The average Bonchev–Trinajstić information content (AvgIpc) is 2.41. The van der Waals surface area contributed by atoms with Crippen molar-refractivity contribution in [3.8, 4) is 0 Å². The summed E-state index contributed by atoms with van der Waals surface area (Å²) in [5.74, 6) is -0.345. The number of halogens is 1. The first-order chi connectivity index (χ1) is 9.12. The molecule has 19 heavy (non-hydrogen) atoms. The maximum Gasteiger partial charge on any atom is 0.337 e. The van der Waals surface area contributed by atoms with E-state index in [1.165, 1.54) is 7.11 Å². The molecule has 0 aliphatic heterocycles. The molecule has 0 aliphatic carbocycles. The van der Waals surface area contributed by atoms with E-state index in [2.05, 4.69) is 19.2 Å². The minimum Gasteiger partial charge on any atom is -0.465 e. The Hall–Kier alpha value is -1.22. The van der Waals surface area contributed by atoms with Crippen LogP contribution in [-0.4, -0.2) is 19.1 Å². The fourth-order valence-corrected chi connectivity index (χ4v) is 2.26. The highest BCUT2D eigenvalue weighted by Crippen LogP contribution is 2.25. The van der Waals surface area contributed by atoms with Gasteiger partial charge in [0.15, 0.2) is 0 Å². The molecule has 0 spiro atoms. The van der Waals surface area contributed by atoms with Crippen molar-refractivity contribution in [2.24, 2.45) is 0 Å². The lowest BCUT2D eigenvalue weighted by molar-refractivity contribution is 0.0601. The number of hydrogen-bond donors (Lipinski definition) is 1. The molecule has 0 heterocycles. The van der Waals surface area contributed by atoms with Crippen LogP contribution in [0.2, 0.25) is 5.02 Å². The molecular formula is C15H22ClNO2. The molecule has 3 nitrogen and oxygen atoms in total. The zero-order chi connectivity index (χ0) is 14.3. The molecule has 0 atom stereocenters. The van der Waals surface area contributed by atoms with Crippen LogP contribution in [0.4, 0.5) is 5.69 Å². The maximum absolute atomic E-state index is 11.5. The summed E-state index contributed by atoms with van der Waals surface area (Å²) in [6.45, 7) is 4.33. The van der Waals surface area contributed by atoms with Gasteiger partial charge in [-0.3, -0.25) is 0 Å². The number of anilines is 1. The molecule has 0 aliphatic rings. The molecule has 0 saturated carbocycles.